The Balaban J connectivity index is 1.58. The second kappa shape index (κ2) is 13.6. The molecule has 0 bridgehead atoms. The van der Waals surface area contributed by atoms with Gasteiger partial charge in [0.05, 0.1) is 25.5 Å². The molecule has 226 valence electrons. The lowest BCUT2D eigenvalue weighted by Crippen LogP contribution is -2.27. The van der Waals surface area contributed by atoms with E-state index in [1.54, 1.807) is 26.4 Å². The Morgan fingerprint density at radius 3 is 2.21 bits per heavy atom. The van der Waals surface area contributed by atoms with E-state index in [-0.39, 0.29) is 25.4 Å². The first-order valence-electron chi connectivity index (χ1n) is 14.1. The molecule has 0 saturated heterocycles. The highest BCUT2D eigenvalue weighted by Gasteiger charge is 2.30. The molecule has 0 radical (unpaired) electrons. The van der Waals surface area contributed by atoms with E-state index in [1.165, 1.54) is 7.11 Å². The molecule has 2 heterocycles. The number of ether oxygens (including phenoxy) is 5. The third-order valence-corrected chi connectivity index (χ3v) is 7.33. The van der Waals surface area contributed by atoms with Gasteiger partial charge >= 0.3 is 0 Å². The molecule has 1 amide bonds. The van der Waals surface area contributed by atoms with Crippen LogP contribution in [0.2, 0.25) is 0 Å². The van der Waals surface area contributed by atoms with Gasteiger partial charge in [-0.1, -0.05) is 50.2 Å². The fourth-order valence-electron chi connectivity index (χ4n) is 5.10. The predicted octanol–water partition coefficient (Wildman–Crippen LogP) is 5.93. The van der Waals surface area contributed by atoms with Crippen molar-refractivity contribution in [1.82, 2.24) is 14.7 Å². The van der Waals surface area contributed by atoms with Gasteiger partial charge in [-0.3, -0.25) is 4.79 Å². The summed E-state index contributed by atoms with van der Waals surface area (Å²) in [6.07, 6.45) is 1.86. The smallest absolute Gasteiger partial charge is 0.260 e. The Kier molecular flexibility index (Phi) is 9.48. The van der Waals surface area contributed by atoms with Crippen LogP contribution in [0.15, 0.2) is 66.9 Å². The number of hydrogen-bond donors (Lipinski definition) is 1. The highest BCUT2D eigenvalue weighted by molar-refractivity contribution is 6.03. The van der Waals surface area contributed by atoms with Gasteiger partial charge in [0, 0.05) is 45.0 Å². The number of benzene rings is 3. The van der Waals surface area contributed by atoms with Gasteiger partial charge in [-0.05, 0) is 34.7 Å². The average Bonchev–Trinajstić information content (AvgIpc) is 3.63. The fraction of sp³-hybridized carbons (Fsp3) is 0.333. The van der Waals surface area contributed by atoms with Crippen molar-refractivity contribution in [3.8, 4) is 17.2 Å². The zero-order valence-corrected chi connectivity index (χ0v) is 25.3. The van der Waals surface area contributed by atoms with Gasteiger partial charge in [0.15, 0.2) is 13.6 Å². The summed E-state index contributed by atoms with van der Waals surface area (Å²) in [5.74, 6) is 2.36. The number of rotatable bonds is 13. The molecule has 5 rings (SSSR count). The van der Waals surface area contributed by atoms with Gasteiger partial charge < -0.3 is 33.9 Å². The summed E-state index contributed by atoms with van der Waals surface area (Å²) in [7, 11) is 4.74. The van der Waals surface area contributed by atoms with Crippen LogP contribution in [0, 0.1) is 0 Å². The molecule has 1 aliphatic rings. The summed E-state index contributed by atoms with van der Waals surface area (Å²) >= 11 is 0. The predicted molar refractivity (Wildman–Crippen MR) is 163 cm³/mol. The molecular formula is C33H38N4O6. The number of carbonyl (C=O) groups is 1. The molecule has 0 aliphatic carbocycles. The zero-order chi connectivity index (χ0) is 30.3. The standard InChI is InChI=1S/C33H38N4O6/c1-22(2)28-16-34-37(17-23-10-12-26(41-5)13-11-23)32(28)35-29-14-27(42-20-39-3)15-30(43-21-40-4)31(29)33(38)36-18-24-8-6-7-9-25(24)19-36/h6-16,22,35H,17-21H2,1-5H3. The molecule has 0 unspecified atom stereocenters. The highest BCUT2D eigenvalue weighted by Crippen LogP contribution is 2.39. The van der Waals surface area contributed by atoms with Crippen LogP contribution < -0.4 is 19.5 Å². The highest BCUT2D eigenvalue weighted by atomic mass is 16.7. The lowest BCUT2D eigenvalue weighted by atomic mass is 10.1. The molecule has 43 heavy (non-hydrogen) atoms. The van der Waals surface area contributed by atoms with Crippen molar-refractivity contribution in [2.75, 3.05) is 40.2 Å². The van der Waals surface area contributed by atoms with E-state index in [0.717, 1.165) is 33.8 Å². The van der Waals surface area contributed by atoms with Crippen molar-refractivity contribution in [1.29, 1.82) is 0 Å². The van der Waals surface area contributed by atoms with Crippen LogP contribution in [0.5, 0.6) is 17.2 Å². The average molecular weight is 587 g/mol. The van der Waals surface area contributed by atoms with Crippen molar-refractivity contribution >= 4 is 17.4 Å². The Morgan fingerprint density at radius 1 is 0.907 bits per heavy atom. The number of nitrogens with one attached hydrogen (secondary N) is 1. The van der Waals surface area contributed by atoms with Crippen molar-refractivity contribution in [2.24, 2.45) is 0 Å². The minimum absolute atomic E-state index is 0.0323. The minimum Gasteiger partial charge on any atom is -0.497 e. The van der Waals surface area contributed by atoms with E-state index in [4.69, 9.17) is 28.8 Å². The Hall–Kier alpha value is -4.54. The molecule has 1 aliphatic heterocycles. The van der Waals surface area contributed by atoms with Crippen LogP contribution in [0.4, 0.5) is 11.5 Å². The fourth-order valence-corrected chi connectivity index (χ4v) is 5.10. The quantitative estimate of drug-likeness (QED) is 0.193. The molecule has 1 aromatic heterocycles. The maximum Gasteiger partial charge on any atom is 0.260 e. The first-order chi connectivity index (χ1) is 20.9. The SMILES string of the molecule is COCOc1cc(Nc2c(C(C)C)cnn2Cc2ccc(OC)cc2)c(C(=O)N2Cc3ccccc3C2)c(OCOC)c1. The number of fused-ring (bicyclic) bond motifs is 1. The van der Waals surface area contributed by atoms with Crippen LogP contribution in [-0.4, -0.2) is 55.5 Å². The molecule has 4 aromatic rings. The normalized spacial score (nSPS) is 12.4. The molecule has 3 aromatic carbocycles. The Bertz CT molecular complexity index is 1520. The second-order valence-electron chi connectivity index (χ2n) is 10.6. The first kappa shape index (κ1) is 29.9. The third-order valence-electron chi connectivity index (χ3n) is 7.33. The van der Waals surface area contributed by atoms with Crippen LogP contribution >= 0.6 is 0 Å². The summed E-state index contributed by atoms with van der Waals surface area (Å²) in [6, 6.07) is 19.5. The maximum absolute atomic E-state index is 14.3. The zero-order valence-electron chi connectivity index (χ0n) is 25.3. The number of anilines is 2. The van der Waals surface area contributed by atoms with Gasteiger partial charge in [0.1, 0.15) is 28.6 Å². The van der Waals surface area contributed by atoms with Crippen LogP contribution in [0.3, 0.4) is 0 Å². The number of aromatic nitrogens is 2. The molecule has 1 N–H and O–H groups in total. The number of amides is 1. The molecule has 10 heteroatoms. The van der Waals surface area contributed by atoms with Crippen molar-refractivity contribution in [3.63, 3.8) is 0 Å². The van der Waals surface area contributed by atoms with Crippen molar-refractivity contribution < 1.29 is 28.5 Å². The third kappa shape index (κ3) is 6.76. The second-order valence-corrected chi connectivity index (χ2v) is 10.6. The first-order valence-corrected chi connectivity index (χ1v) is 14.1. The topological polar surface area (TPSA) is 96.3 Å². The summed E-state index contributed by atoms with van der Waals surface area (Å²) in [6.45, 7) is 5.73. The monoisotopic (exact) mass is 586 g/mol. The molecule has 10 nitrogen and oxygen atoms in total. The molecule has 0 spiro atoms. The van der Waals surface area contributed by atoms with Gasteiger partial charge in [-0.2, -0.15) is 5.10 Å². The maximum atomic E-state index is 14.3. The lowest BCUT2D eigenvalue weighted by Gasteiger charge is -2.23. The summed E-state index contributed by atoms with van der Waals surface area (Å²) < 4.78 is 29.4. The van der Waals surface area contributed by atoms with Crippen LogP contribution in [0.1, 0.15) is 52.4 Å². The van der Waals surface area contributed by atoms with E-state index in [2.05, 4.69) is 31.3 Å². The largest absolute Gasteiger partial charge is 0.497 e. The van der Waals surface area contributed by atoms with Crippen LogP contribution in [-0.2, 0) is 29.1 Å². The Morgan fingerprint density at radius 2 is 1.58 bits per heavy atom. The summed E-state index contributed by atoms with van der Waals surface area (Å²) in [5, 5.41) is 8.28. The summed E-state index contributed by atoms with van der Waals surface area (Å²) in [4.78, 5) is 16.1. The number of nitrogens with zero attached hydrogens (tertiary/aromatic N) is 3. The Labute approximate surface area is 252 Å². The minimum atomic E-state index is -0.171. The van der Waals surface area contributed by atoms with E-state index >= 15 is 0 Å². The van der Waals surface area contributed by atoms with E-state index < -0.39 is 0 Å². The van der Waals surface area contributed by atoms with Gasteiger partial charge in [-0.15, -0.1) is 0 Å². The number of hydrogen-bond acceptors (Lipinski definition) is 8. The van der Waals surface area contributed by atoms with Gasteiger partial charge in [0.2, 0.25) is 0 Å². The molecule has 0 saturated carbocycles. The van der Waals surface area contributed by atoms with E-state index in [0.29, 0.717) is 42.4 Å². The molecule has 0 atom stereocenters. The van der Waals surface area contributed by atoms with E-state index in [9.17, 15) is 4.79 Å². The van der Waals surface area contributed by atoms with Crippen LogP contribution in [0.25, 0.3) is 0 Å². The van der Waals surface area contributed by atoms with Gasteiger partial charge in [0.25, 0.3) is 5.91 Å². The van der Waals surface area contributed by atoms with E-state index in [1.807, 2.05) is 52.2 Å². The van der Waals surface area contributed by atoms with Crippen molar-refractivity contribution in [2.45, 2.75) is 39.4 Å². The number of carbonyl (C=O) groups excluding carboxylic acids is 1. The summed E-state index contributed by atoms with van der Waals surface area (Å²) in [5.41, 5.74) is 5.21. The van der Waals surface area contributed by atoms with Gasteiger partial charge in [-0.25, -0.2) is 4.68 Å². The number of methoxy groups -OCH3 is 3. The van der Waals surface area contributed by atoms with Crippen molar-refractivity contribution in [3.05, 3.63) is 94.7 Å². The molecular weight excluding hydrogens is 548 g/mol. The lowest BCUT2D eigenvalue weighted by molar-refractivity contribution is 0.0450. The molecule has 0 fully saturated rings.